The van der Waals surface area contributed by atoms with E-state index in [0.717, 1.165) is 16.1 Å². The van der Waals surface area contributed by atoms with Gasteiger partial charge in [-0.15, -0.1) is 0 Å². The maximum Gasteiger partial charge on any atom is 0.333 e. The van der Waals surface area contributed by atoms with E-state index in [1.54, 1.807) is 6.07 Å². The van der Waals surface area contributed by atoms with Gasteiger partial charge >= 0.3 is 6.03 Å². The molecule has 0 saturated carbocycles. The summed E-state index contributed by atoms with van der Waals surface area (Å²) in [6, 6.07) is 17.0. The summed E-state index contributed by atoms with van der Waals surface area (Å²) in [5.74, 6) is 0.385. The number of anilines is 1. The number of carbonyl (C=O) groups is 1. The van der Waals surface area contributed by atoms with E-state index in [4.69, 9.17) is 4.52 Å². The number of hydrogen-bond donors (Lipinski definition) is 2. The molecular formula is C16H15N3O2S. The van der Waals surface area contributed by atoms with Crippen molar-refractivity contribution in [3.63, 3.8) is 0 Å². The number of aromatic nitrogens is 1. The number of fused-ring (bicyclic) bond motifs is 1. The van der Waals surface area contributed by atoms with Crippen LogP contribution in [-0.4, -0.2) is 17.7 Å². The molecule has 2 amide bonds. The minimum absolute atomic E-state index is 0.335. The Balaban J connectivity index is 1.62. The van der Waals surface area contributed by atoms with Crippen LogP contribution in [0.3, 0.4) is 0 Å². The first-order chi connectivity index (χ1) is 10.8. The number of para-hydroxylation sites is 1. The molecule has 1 heterocycles. The lowest BCUT2D eigenvalue weighted by atomic mass is 10.1. The minimum Gasteiger partial charge on any atom is -0.354 e. The highest BCUT2D eigenvalue weighted by molar-refractivity contribution is 7.82. The number of urea groups is 1. The van der Waals surface area contributed by atoms with E-state index < -0.39 is 0 Å². The molecule has 5 nitrogen and oxygen atoms in total. The summed E-state index contributed by atoms with van der Waals surface area (Å²) >= 11 is 4.22. The van der Waals surface area contributed by atoms with Gasteiger partial charge in [0.1, 0.15) is 0 Å². The highest BCUT2D eigenvalue weighted by Crippen LogP contribution is 2.26. The van der Waals surface area contributed by atoms with Gasteiger partial charge in [-0.2, -0.15) is 0 Å². The van der Waals surface area contributed by atoms with Crippen molar-refractivity contribution in [2.45, 2.75) is 6.42 Å². The van der Waals surface area contributed by atoms with Gasteiger partial charge in [-0.25, -0.2) is 9.10 Å². The molecule has 0 radical (unpaired) electrons. The number of nitrogens with one attached hydrogen (secondary N) is 1. The first-order valence-electron chi connectivity index (χ1n) is 6.91. The molecule has 0 aliphatic carbocycles. The first kappa shape index (κ1) is 14.5. The highest BCUT2D eigenvalue weighted by atomic mass is 32.1. The largest absolute Gasteiger partial charge is 0.354 e. The van der Waals surface area contributed by atoms with Gasteiger partial charge in [0.25, 0.3) is 0 Å². The van der Waals surface area contributed by atoms with Crippen LogP contribution in [0.25, 0.3) is 11.0 Å². The van der Waals surface area contributed by atoms with Crippen molar-refractivity contribution in [3.05, 3.63) is 60.2 Å². The molecule has 2 aromatic carbocycles. The van der Waals surface area contributed by atoms with Crippen LogP contribution >= 0.6 is 12.8 Å². The molecule has 0 unspecified atom stereocenters. The molecule has 0 atom stereocenters. The van der Waals surface area contributed by atoms with Crippen LogP contribution in [0, 0.1) is 0 Å². The van der Waals surface area contributed by atoms with Gasteiger partial charge in [0.15, 0.2) is 11.4 Å². The van der Waals surface area contributed by atoms with Crippen molar-refractivity contribution < 1.29 is 9.32 Å². The average Bonchev–Trinajstić information content (AvgIpc) is 2.99. The minimum atomic E-state index is -0.335. The first-order valence-corrected chi connectivity index (χ1v) is 7.31. The predicted octanol–water partition coefficient (Wildman–Crippen LogP) is 3.43. The van der Waals surface area contributed by atoms with E-state index in [0.29, 0.717) is 17.9 Å². The van der Waals surface area contributed by atoms with Crippen molar-refractivity contribution in [1.29, 1.82) is 0 Å². The van der Waals surface area contributed by atoms with Crippen LogP contribution in [0.4, 0.5) is 10.6 Å². The van der Waals surface area contributed by atoms with E-state index >= 15 is 0 Å². The van der Waals surface area contributed by atoms with Gasteiger partial charge in [0, 0.05) is 6.54 Å². The fourth-order valence-electron chi connectivity index (χ4n) is 2.15. The number of amides is 2. The van der Waals surface area contributed by atoms with Crippen molar-refractivity contribution >= 4 is 35.6 Å². The fourth-order valence-corrected chi connectivity index (χ4v) is 2.37. The van der Waals surface area contributed by atoms with Gasteiger partial charge in [-0.3, -0.25) is 0 Å². The predicted molar refractivity (Wildman–Crippen MR) is 89.0 cm³/mol. The molecule has 0 aliphatic heterocycles. The highest BCUT2D eigenvalue weighted by Gasteiger charge is 2.18. The lowest BCUT2D eigenvalue weighted by Gasteiger charge is -2.13. The summed E-state index contributed by atoms with van der Waals surface area (Å²) < 4.78 is 6.34. The molecular weight excluding hydrogens is 298 g/mol. The number of thiol groups is 1. The molecule has 3 rings (SSSR count). The molecule has 0 spiro atoms. The van der Waals surface area contributed by atoms with Crippen molar-refractivity contribution in [2.24, 2.45) is 0 Å². The van der Waals surface area contributed by atoms with Gasteiger partial charge in [0.2, 0.25) is 0 Å². The summed E-state index contributed by atoms with van der Waals surface area (Å²) in [6.45, 7) is 0.524. The molecule has 112 valence electrons. The second kappa shape index (κ2) is 6.53. The zero-order valence-electron chi connectivity index (χ0n) is 11.8. The molecule has 0 fully saturated rings. The SMILES string of the molecule is O=C(NCCc1ccccc1)N(S)c1noc2ccccc12. The second-order valence-electron chi connectivity index (χ2n) is 4.78. The Morgan fingerprint density at radius 3 is 2.68 bits per heavy atom. The van der Waals surface area contributed by atoms with E-state index in [1.165, 1.54) is 5.56 Å². The summed E-state index contributed by atoms with van der Waals surface area (Å²) in [6.07, 6.45) is 0.758. The maximum absolute atomic E-state index is 12.1. The van der Waals surface area contributed by atoms with Crippen LogP contribution in [0.2, 0.25) is 0 Å². The Labute approximate surface area is 133 Å². The number of hydrogen-bond acceptors (Lipinski definition) is 4. The smallest absolute Gasteiger partial charge is 0.333 e. The number of nitrogens with zero attached hydrogens (tertiary/aromatic N) is 2. The Morgan fingerprint density at radius 1 is 1.14 bits per heavy atom. The Hall–Kier alpha value is -2.47. The van der Waals surface area contributed by atoms with Gasteiger partial charge in [-0.1, -0.05) is 60.4 Å². The molecule has 1 aromatic heterocycles. The Kier molecular flexibility index (Phi) is 4.29. The summed E-state index contributed by atoms with van der Waals surface area (Å²) in [5, 5.41) is 7.46. The molecule has 0 aliphatic rings. The standard InChI is InChI=1S/C16H15N3O2S/c20-16(17-11-10-12-6-2-1-3-7-12)19(22)15-13-8-4-5-9-14(13)21-18-15/h1-9,22H,10-11H2,(H,17,20). The van der Waals surface area contributed by atoms with Crippen molar-refractivity contribution in [3.8, 4) is 0 Å². The second-order valence-corrected chi connectivity index (χ2v) is 5.18. The molecule has 0 saturated heterocycles. The third-order valence-corrected chi connectivity index (χ3v) is 3.66. The topological polar surface area (TPSA) is 58.4 Å². The zero-order valence-corrected chi connectivity index (χ0v) is 12.7. The number of rotatable bonds is 4. The monoisotopic (exact) mass is 313 g/mol. The van der Waals surface area contributed by atoms with Crippen LogP contribution in [0.5, 0.6) is 0 Å². The zero-order chi connectivity index (χ0) is 15.4. The fraction of sp³-hybridized carbons (Fsp3) is 0.125. The van der Waals surface area contributed by atoms with Gasteiger partial charge in [0.05, 0.1) is 5.39 Å². The molecule has 1 N–H and O–H groups in total. The van der Waals surface area contributed by atoms with E-state index in [2.05, 4.69) is 23.3 Å². The molecule has 3 aromatic rings. The average molecular weight is 313 g/mol. The third-order valence-electron chi connectivity index (χ3n) is 3.28. The maximum atomic E-state index is 12.1. The van der Waals surface area contributed by atoms with Crippen molar-refractivity contribution in [1.82, 2.24) is 10.5 Å². The summed E-state index contributed by atoms with van der Waals surface area (Å²) in [5.41, 5.74) is 1.79. The normalized spacial score (nSPS) is 10.6. The molecule has 22 heavy (non-hydrogen) atoms. The number of benzene rings is 2. The van der Waals surface area contributed by atoms with E-state index in [-0.39, 0.29) is 6.03 Å². The van der Waals surface area contributed by atoms with Crippen LogP contribution in [0.15, 0.2) is 59.1 Å². The third kappa shape index (κ3) is 3.07. The Bertz CT molecular complexity index is 773. The molecule has 0 bridgehead atoms. The Morgan fingerprint density at radius 2 is 1.86 bits per heavy atom. The quantitative estimate of drug-likeness (QED) is 0.726. The molecule has 6 heteroatoms. The van der Waals surface area contributed by atoms with Gasteiger partial charge < -0.3 is 9.84 Å². The summed E-state index contributed by atoms with van der Waals surface area (Å²) in [7, 11) is 0. The lowest BCUT2D eigenvalue weighted by Crippen LogP contribution is -2.35. The van der Waals surface area contributed by atoms with Crippen molar-refractivity contribution in [2.75, 3.05) is 10.8 Å². The van der Waals surface area contributed by atoms with Crippen LogP contribution in [-0.2, 0) is 6.42 Å². The summed E-state index contributed by atoms with van der Waals surface area (Å²) in [4.78, 5) is 12.1. The van der Waals surface area contributed by atoms with E-state index in [1.807, 2.05) is 48.5 Å². The lowest BCUT2D eigenvalue weighted by molar-refractivity contribution is 0.250. The van der Waals surface area contributed by atoms with Crippen LogP contribution in [0.1, 0.15) is 5.56 Å². The number of carbonyl (C=O) groups excluding carboxylic acids is 1. The van der Waals surface area contributed by atoms with Crippen LogP contribution < -0.4 is 9.62 Å². The van der Waals surface area contributed by atoms with E-state index in [9.17, 15) is 4.79 Å². The van der Waals surface area contributed by atoms with Gasteiger partial charge in [-0.05, 0) is 24.1 Å².